The van der Waals surface area contributed by atoms with Crippen LogP contribution in [0.15, 0.2) is 76.5 Å². The fraction of sp³-hybridized carbons (Fsp3) is 0.355. The third kappa shape index (κ3) is 9.04. The summed E-state index contributed by atoms with van der Waals surface area (Å²) < 4.78 is 34.7. The summed E-state index contributed by atoms with van der Waals surface area (Å²) in [5, 5.41) is 3.63. The molecule has 8 nitrogen and oxygen atoms in total. The largest absolute Gasteiger partial charge is 0.494 e. The Bertz CT molecular complexity index is 1490. The molecule has 12 heteroatoms. The van der Waals surface area contributed by atoms with Gasteiger partial charge in [-0.25, -0.2) is 8.42 Å². The highest BCUT2D eigenvalue weighted by Gasteiger charge is 2.34. The van der Waals surface area contributed by atoms with Crippen LogP contribution < -0.4 is 14.4 Å². The van der Waals surface area contributed by atoms with E-state index in [1.807, 2.05) is 20.1 Å². The minimum absolute atomic E-state index is 0.0214. The van der Waals surface area contributed by atoms with Gasteiger partial charge < -0.3 is 15.0 Å². The topological polar surface area (TPSA) is 96.0 Å². The van der Waals surface area contributed by atoms with Gasteiger partial charge in [0, 0.05) is 28.0 Å². The third-order valence-corrected chi connectivity index (χ3v) is 9.77. The molecule has 0 unspecified atom stereocenters. The highest BCUT2D eigenvalue weighted by molar-refractivity contribution is 7.98. The van der Waals surface area contributed by atoms with Crippen molar-refractivity contribution in [3.8, 4) is 5.75 Å². The van der Waals surface area contributed by atoms with E-state index in [4.69, 9.17) is 27.9 Å². The number of nitrogens with one attached hydrogen (secondary N) is 1. The Labute approximate surface area is 268 Å². The number of amides is 2. The average Bonchev–Trinajstić information content (AvgIpc) is 3.00. The predicted molar refractivity (Wildman–Crippen MR) is 175 cm³/mol. The molecule has 0 saturated carbocycles. The zero-order valence-corrected chi connectivity index (χ0v) is 27.8. The Morgan fingerprint density at radius 2 is 1.65 bits per heavy atom. The second kappa shape index (κ2) is 16.2. The molecule has 0 radical (unpaired) electrons. The number of nitrogens with zero attached hydrogens (tertiary/aromatic N) is 2. The number of sulfonamides is 1. The Kier molecular flexibility index (Phi) is 13.1. The van der Waals surface area contributed by atoms with Crippen molar-refractivity contribution in [2.45, 2.75) is 56.0 Å². The number of benzene rings is 3. The molecule has 232 valence electrons. The molecule has 0 bridgehead atoms. The minimum Gasteiger partial charge on any atom is -0.494 e. The molecule has 0 aromatic heterocycles. The molecule has 0 saturated heterocycles. The summed E-state index contributed by atoms with van der Waals surface area (Å²) in [5.74, 6) is -0.328. The number of rotatable bonds is 15. The van der Waals surface area contributed by atoms with Crippen molar-refractivity contribution < 1.29 is 22.7 Å². The molecule has 3 rings (SSSR count). The first-order valence-electron chi connectivity index (χ1n) is 14.0. The zero-order chi connectivity index (χ0) is 31.6. The molecule has 1 N–H and O–H groups in total. The van der Waals surface area contributed by atoms with Gasteiger partial charge in [0.25, 0.3) is 10.0 Å². The van der Waals surface area contributed by atoms with Crippen LogP contribution >= 0.6 is 35.0 Å². The third-order valence-electron chi connectivity index (χ3n) is 6.65. The zero-order valence-electron chi connectivity index (χ0n) is 24.7. The van der Waals surface area contributed by atoms with Crippen molar-refractivity contribution in [1.82, 2.24) is 10.2 Å². The van der Waals surface area contributed by atoms with E-state index in [2.05, 4.69) is 5.32 Å². The van der Waals surface area contributed by atoms with Crippen molar-refractivity contribution in [2.75, 3.05) is 30.3 Å². The molecule has 0 aliphatic heterocycles. The number of hydrogen-bond acceptors (Lipinski definition) is 6. The van der Waals surface area contributed by atoms with Gasteiger partial charge in [-0.3, -0.25) is 13.9 Å². The summed E-state index contributed by atoms with van der Waals surface area (Å²) in [6.45, 7) is 5.90. The van der Waals surface area contributed by atoms with E-state index in [1.54, 1.807) is 61.5 Å². The Morgan fingerprint density at radius 3 is 2.21 bits per heavy atom. The van der Waals surface area contributed by atoms with E-state index in [0.29, 0.717) is 40.9 Å². The first-order chi connectivity index (χ1) is 20.5. The Balaban J connectivity index is 2.08. The average molecular weight is 667 g/mol. The number of hydrogen-bond donors (Lipinski definition) is 1. The standard InChI is InChI=1S/C31H37Cl2N3O5S2/c1-5-18-34-31(38)29(6-2)35(20-22-8-9-23(32)19-28(22)33)30(37)21-36(24-10-12-25(13-11-24)41-7-3)43(39,40)27-16-14-26(42-4)15-17-27/h8-17,19,29H,5-7,18,20-21H2,1-4H3,(H,34,38)/t29-/m0/s1. The first-order valence-corrected chi connectivity index (χ1v) is 17.4. The van der Waals surface area contributed by atoms with E-state index in [9.17, 15) is 18.0 Å². The Morgan fingerprint density at radius 1 is 0.977 bits per heavy atom. The van der Waals surface area contributed by atoms with Crippen molar-refractivity contribution >= 4 is 62.5 Å². The van der Waals surface area contributed by atoms with Crippen LogP contribution in [0, 0.1) is 0 Å². The van der Waals surface area contributed by atoms with Crippen LogP contribution in [0.3, 0.4) is 0 Å². The molecule has 1 atom stereocenters. The molecular weight excluding hydrogens is 629 g/mol. The lowest BCUT2D eigenvalue weighted by Crippen LogP contribution is -2.52. The number of ether oxygens (including phenoxy) is 1. The summed E-state index contributed by atoms with van der Waals surface area (Å²) in [7, 11) is -4.19. The fourth-order valence-electron chi connectivity index (χ4n) is 4.40. The lowest BCUT2D eigenvalue weighted by Gasteiger charge is -2.33. The van der Waals surface area contributed by atoms with Crippen LogP contribution in [0.2, 0.25) is 10.0 Å². The number of anilines is 1. The van der Waals surface area contributed by atoms with Gasteiger partial charge in [-0.2, -0.15) is 0 Å². The number of carbonyl (C=O) groups is 2. The van der Waals surface area contributed by atoms with Crippen LogP contribution in [-0.2, 0) is 26.2 Å². The highest BCUT2D eigenvalue weighted by atomic mass is 35.5. The predicted octanol–water partition coefficient (Wildman–Crippen LogP) is 6.64. The van der Waals surface area contributed by atoms with E-state index in [0.717, 1.165) is 15.6 Å². The van der Waals surface area contributed by atoms with Gasteiger partial charge >= 0.3 is 0 Å². The number of carbonyl (C=O) groups excluding carboxylic acids is 2. The van der Waals surface area contributed by atoms with E-state index in [1.165, 1.54) is 28.8 Å². The smallest absolute Gasteiger partial charge is 0.264 e. The maximum Gasteiger partial charge on any atom is 0.264 e. The highest BCUT2D eigenvalue weighted by Crippen LogP contribution is 2.29. The summed E-state index contributed by atoms with van der Waals surface area (Å²) >= 11 is 14.1. The van der Waals surface area contributed by atoms with Crippen molar-refractivity contribution in [3.05, 3.63) is 82.3 Å². The molecule has 2 amide bonds. The van der Waals surface area contributed by atoms with Crippen LogP contribution in [0.25, 0.3) is 0 Å². The molecule has 0 aliphatic carbocycles. The van der Waals surface area contributed by atoms with Gasteiger partial charge in [0.05, 0.1) is 17.2 Å². The Hall–Kier alpha value is -2.92. The van der Waals surface area contributed by atoms with Crippen LogP contribution in [-0.4, -0.2) is 57.1 Å². The molecule has 43 heavy (non-hydrogen) atoms. The van der Waals surface area contributed by atoms with E-state index in [-0.39, 0.29) is 23.0 Å². The first kappa shape index (κ1) is 34.6. The lowest BCUT2D eigenvalue weighted by molar-refractivity contribution is -0.140. The van der Waals surface area contributed by atoms with Gasteiger partial charge in [0.2, 0.25) is 11.8 Å². The van der Waals surface area contributed by atoms with Crippen LogP contribution in [0.5, 0.6) is 5.75 Å². The summed E-state index contributed by atoms with van der Waals surface area (Å²) in [4.78, 5) is 29.7. The normalized spacial score (nSPS) is 12.0. The second-order valence-corrected chi connectivity index (χ2v) is 13.2. The van der Waals surface area contributed by atoms with Gasteiger partial charge in [0.15, 0.2) is 0 Å². The van der Waals surface area contributed by atoms with Gasteiger partial charge in [-0.1, -0.05) is 43.1 Å². The molecule has 0 fully saturated rings. The molecule has 3 aromatic carbocycles. The fourth-order valence-corrected chi connectivity index (χ4v) is 6.69. The summed E-state index contributed by atoms with van der Waals surface area (Å²) in [6, 6.07) is 17.0. The van der Waals surface area contributed by atoms with Gasteiger partial charge in [0.1, 0.15) is 18.3 Å². The van der Waals surface area contributed by atoms with Crippen molar-refractivity contribution in [2.24, 2.45) is 0 Å². The lowest BCUT2D eigenvalue weighted by atomic mass is 10.1. The second-order valence-electron chi connectivity index (χ2n) is 9.59. The van der Waals surface area contributed by atoms with E-state index >= 15 is 0 Å². The van der Waals surface area contributed by atoms with E-state index < -0.39 is 28.5 Å². The SMILES string of the molecule is CCCNC(=O)[C@H](CC)N(Cc1ccc(Cl)cc1Cl)C(=O)CN(c1ccc(OCC)cc1)S(=O)(=O)c1ccc(SC)cc1. The van der Waals surface area contributed by atoms with Gasteiger partial charge in [-0.05, 0) is 92.2 Å². The molecule has 0 spiro atoms. The van der Waals surface area contributed by atoms with Crippen LogP contribution in [0.4, 0.5) is 5.69 Å². The molecule has 0 heterocycles. The molecule has 0 aliphatic rings. The van der Waals surface area contributed by atoms with Crippen molar-refractivity contribution in [3.63, 3.8) is 0 Å². The number of halogens is 2. The minimum atomic E-state index is -4.19. The van der Waals surface area contributed by atoms with Crippen molar-refractivity contribution in [1.29, 1.82) is 0 Å². The maximum absolute atomic E-state index is 14.2. The number of thioether (sulfide) groups is 1. The monoisotopic (exact) mass is 665 g/mol. The summed E-state index contributed by atoms with van der Waals surface area (Å²) in [6.07, 6.45) is 2.92. The van der Waals surface area contributed by atoms with Gasteiger partial charge in [-0.15, -0.1) is 11.8 Å². The molecule has 3 aromatic rings. The maximum atomic E-state index is 14.2. The molecular formula is C31H37Cl2N3O5S2. The summed E-state index contributed by atoms with van der Waals surface area (Å²) in [5.41, 5.74) is 0.850. The van der Waals surface area contributed by atoms with Crippen LogP contribution in [0.1, 0.15) is 39.2 Å². The quantitative estimate of drug-likeness (QED) is 0.183.